The van der Waals surface area contributed by atoms with Crippen LogP contribution in [0.2, 0.25) is 0 Å². The number of unbranched alkanes of at least 4 members (excludes halogenated alkanes) is 25. The van der Waals surface area contributed by atoms with Gasteiger partial charge in [-0.05, 0) is 70.6 Å². The van der Waals surface area contributed by atoms with Crippen molar-refractivity contribution in [3.8, 4) is 0 Å². The van der Waals surface area contributed by atoms with Gasteiger partial charge in [-0.3, -0.25) is 23.4 Å². The Morgan fingerprint density at radius 3 is 1.35 bits per heavy atom. The predicted molar refractivity (Wildman–Crippen MR) is 245 cm³/mol. The Kier molecular flexibility index (Phi) is 41.7. The van der Waals surface area contributed by atoms with Crippen LogP contribution in [-0.2, 0) is 37.5 Å². The molecule has 3 atom stereocenters. The first kappa shape index (κ1) is 57.7. The van der Waals surface area contributed by atoms with Crippen LogP contribution < -0.4 is 5.73 Å². The molecule has 11 nitrogen and oxygen atoms in total. The fourth-order valence-corrected chi connectivity index (χ4v) is 7.34. The smallest absolute Gasteiger partial charge is 0.472 e. The normalized spacial score (nSPS) is 13.9. The molecular weight excluding hydrogens is 781 g/mol. The summed E-state index contributed by atoms with van der Waals surface area (Å²) < 4.78 is 32.8. The molecule has 0 aromatic rings. The zero-order chi connectivity index (χ0) is 44.2. The molecule has 0 fully saturated rings. The van der Waals surface area contributed by atoms with E-state index in [1.54, 1.807) is 0 Å². The van der Waals surface area contributed by atoms with Crippen molar-refractivity contribution in [2.75, 3.05) is 19.8 Å². The van der Waals surface area contributed by atoms with Gasteiger partial charge in [-0.25, -0.2) is 4.57 Å². The van der Waals surface area contributed by atoms with Crippen molar-refractivity contribution >= 4 is 25.7 Å². The second kappa shape index (κ2) is 43.4. The number of aliphatic carboxylic acids is 1. The molecule has 0 radical (unpaired) electrons. The van der Waals surface area contributed by atoms with Gasteiger partial charge in [-0.2, -0.15) is 0 Å². The van der Waals surface area contributed by atoms with E-state index in [-0.39, 0.29) is 19.4 Å². The number of esters is 2. The quantitative estimate of drug-likeness (QED) is 0.0230. The number of hydrogen-bond donors (Lipinski definition) is 3. The van der Waals surface area contributed by atoms with Crippen LogP contribution in [-0.4, -0.2) is 59.9 Å². The molecule has 350 valence electrons. The molecule has 4 N–H and O–H groups in total. The van der Waals surface area contributed by atoms with Crippen molar-refractivity contribution in [2.45, 2.75) is 231 Å². The molecule has 0 saturated heterocycles. The van der Waals surface area contributed by atoms with E-state index in [2.05, 4.69) is 54.8 Å². The summed E-state index contributed by atoms with van der Waals surface area (Å²) >= 11 is 0. The first-order valence-corrected chi connectivity index (χ1v) is 25.5. The summed E-state index contributed by atoms with van der Waals surface area (Å²) in [6, 6.07) is -1.52. The second-order valence-electron chi connectivity index (χ2n) is 16.2. The van der Waals surface area contributed by atoms with E-state index in [4.69, 9.17) is 24.8 Å². The van der Waals surface area contributed by atoms with Crippen LogP contribution in [0.25, 0.3) is 0 Å². The Hall–Kier alpha value is -2.30. The van der Waals surface area contributed by atoms with Crippen molar-refractivity contribution in [3.63, 3.8) is 0 Å². The van der Waals surface area contributed by atoms with Gasteiger partial charge in [0.2, 0.25) is 0 Å². The van der Waals surface area contributed by atoms with Crippen LogP contribution in [0.1, 0.15) is 219 Å². The van der Waals surface area contributed by atoms with Gasteiger partial charge >= 0.3 is 25.7 Å². The number of nitrogens with two attached hydrogens (primary N) is 1. The van der Waals surface area contributed by atoms with E-state index in [1.807, 2.05) is 0 Å². The predicted octanol–water partition coefficient (Wildman–Crippen LogP) is 13.2. The minimum atomic E-state index is -4.72. The summed E-state index contributed by atoms with van der Waals surface area (Å²) in [5.41, 5.74) is 5.34. The third-order valence-corrected chi connectivity index (χ3v) is 11.3. The highest BCUT2D eigenvalue weighted by Gasteiger charge is 2.28. The van der Waals surface area contributed by atoms with Gasteiger partial charge in [-0.15, -0.1) is 0 Å². The maximum Gasteiger partial charge on any atom is 0.472 e. The van der Waals surface area contributed by atoms with Crippen LogP contribution >= 0.6 is 7.82 Å². The summed E-state index contributed by atoms with van der Waals surface area (Å²) in [6.45, 7) is 2.78. The average Bonchev–Trinajstić information content (AvgIpc) is 3.22. The number of allylic oxidation sites excluding steroid dienone is 6. The fraction of sp³-hybridized carbons (Fsp3) is 0.812. The zero-order valence-electron chi connectivity index (χ0n) is 38.1. The van der Waals surface area contributed by atoms with E-state index >= 15 is 0 Å². The van der Waals surface area contributed by atoms with E-state index < -0.39 is 51.1 Å². The third kappa shape index (κ3) is 42.4. The largest absolute Gasteiger partial charge is 0.480 e. The Morgan fingerprint density at radius 2 is 0.883 bits per heavy atom. The Morgan fingerprint density at radius 1 is 0.517 bits per heavy atom. The average molecular weight is 870 g/mol. The Bertz CT molecular complexity index is 1160. The van der Waals surface area contributed by atoms with E-state index in [9.17, 15) is 23.8 Å². The molecule has 0 bridgehead atoms. The van der Waals surface area contributed by atoms with Crippen LogP contribution in [0.15, 0.2) is 36.5 Å². The van der Waals surface area contributed by atoms with E-state index in [0.717, 1.165) is 64.2 Å². The standard InChI is InChI=1S/C48H88NO10P/c1-3-5-7-9-11-13-15-17-19-20-21-22-23-24-26-27-29-31-33-35-37-39-46(50)56-41-44(42-57-60(54,55)58-43-45(49)48(52)53)59-47(51)40-38-36-34-32-30-28-25-18-16-14-12-10-8-6-4-2/h12,14,17-19,25,44-45H,3-11,13,15-16,20-24,26-43,49H2,1-2H3,(H,52,53)(H,54,55)/b14-12-,19-17-,25-18-/t44-,45+/m1/s1. The van der Waals surface area contributed by atoms with Crippen molar-refractivity contribution in [1.29, 1.82) is 0 Å². The zero-order valence-corrected chi connectivity index (χ0v) is 38.9. The molecule has 0 aromatic heterocycles. The van der Waals surface area contributed by atoms with Crippen molar-refractivity contribution in [3.05, 3.63) is 36.5 Å². The number of rotatable bonds is 45. The van der Waals surface area contributed by atoms with Crippen LogP contribution in [0.4, 0.5) is 0 Å². The van der Waals surface area contributed by atoms with Gasteiger partial charge in [0, 0.05) is 12.8 Å². The van der Waals surface area contributed by atoms with Gasteiger partial charge in [-0.1, -0.05) is 172 Å². The molecule has 0 spiro atoms. The second-order valence-corrected chi connectivity index (χ2v) is 17.7. The Balaban J connectivity index is 4.27. The highest BCUT2D eigenvalue weighted by Crippen LogP contribution is 2.43. The monoisotopic (exact) mass is 870 g/mol. The van der Waals surface area contributed by atoms with Gasteiger partial charge < -0.3 is 25.2 Å². The van der Waals surface area contributed by atoms with E-state index in [0.29, 0.717) is 12.8 Å². The molecule has 0 aliphatic carbocycles. The molecule has 1 unspecified atom stereocenters. The van der Waals surface area contributed by atoms with Crippen molar-refractivity contribution < 1.29 is 47.5 Å². The highest BCUT2D eigenvalue weighted by molar-refractivity contribution is 7.47. The minimum Gasteiger partial charge on any atom is -0.480 e. The molecule has 12 heteroatoms. The number of carboxylic acid groups (broad SMARTS) is 1. The molecule has 0 aromatic carbocycles. The number of carbonyl (C=O) groups excluding carboxylic acids is 2. The summed E-state index contributed by atoms with van der Waals surface area (Å²) in [5.74, 6) is -2.39. The van der Waals surface area contributed by atoms with Gasteiger partial charge in [0.1, 0.15) is 12.6 Å². The topological polar surface area (TPSA) is 172 Å². The van der Waals surface area contributed by atoms with Gasteiger partial charge in [0.25, 0.3) is 0 Å². The summed E-state index contributed by atoms with van der Waals surface area (Å²) in [5, 5.41) is 8.90. The molecule has 0 amide bonds. The van der Waals surface area contributed by atoms with Crippen molar-refractivity contribution in [1.82, 2.24) is 0 Å². The van der Waals surface area contributed by atoms with Gasteiger partial charge in [0.05, 0.1) is 13.2 Å². The van der Waals surface area contributed by atoms with Crippen LogP contribution in [0.5, 0.6) is 0 Å². The first-order chi connectivity index (χ1) is 29.1. The lowest BCUT2D eigenvalue weighted by atomic mass is 10.0. The van der Waals surface area contributed by atoms with Crippen LogP contribution in [0.3, 0.4) is 0 Å². The number of carboxylic acids is 1. The molecule has 0 aliphatic heterocycles. The number of hydrogen-bond acceptors (Lipinski definition) is 9. The fourth-order valence-electron chi connectivity index (χ4n) is 6.56. The summed E-state index contributed by atoms with van der Waals surface area (Å²) in [7, 11) is -4.72. The third-order valence-electron chi connectivity index (χ3n) is 10.4. The SMILES string of the molecule is CCCCC/C=C\C/C=C\CCCCCCCC(=O)O[C@H](COC(=O)CCCCCCCCCCCCC/C=C\CCCCCCCC)COP(=O)(O)OC[C@H](N)C(=O)O. The number of ether oxygens (including phenoxy) is 2. The number of phosphoric ester groups is 1. The minimum absolute atomic E-state index is 0.146. The molecule has 0 rings (SSSR count). The Labute approximate surface area is 365 Å². The molecule has 0 saturated carbocycles. The number of phosphoric acid groups is 1. The summed E-state index contributed by atoms with van der Waals surface area (Å²) in [6.07, 6.45) is 47.8. The highest BCUT2D eigenvalue weighted by atomic mass is 31.2. The maximum absolute atomic E-state index is 12.6. The lowest BCUT2D eigenvalue weighted by Crippen LogP contribution is -2.34. The molecular formula is C48H88NO10P. The molecule has 0 aliphatic rings. The molecule has 60 heavy (non-hydrogen) atoms. The molecule has 0 heterocycles. The van der Waals surface area contributed by atoms with E-state index in [1.165, 1.54) is 116 Å². The maximum atomic E-state index is 12.6. The van der Waals surface area contributed by atoms with Crippen LogP contribution in [0, 0.1) is 0 Å². The first-order valence-electron chi connectivity index (χ1n) is 24.0. The summed E-state index contributed by atoms with van der Waals surface area (Å²) in [4.78, 5) is 46.1. The van der Waals surface area contributed by atoms with Crippen molar-refractivity contribution in [2.24, 2.45) is 5.73 Å². The number of carbonyl (C=O) groups is 3. The lowest BCUT2D eigenvalue weighted by molar-refractivity contribution is -0.161. The van der Waals surface area contributed by atoms with Gasteiger partial charge in [0.15, 0.2) is 6.10 Å². The lowest BCUT2D eigenvalue weighted by Gasteiger charge is -2.20.